The molecule has 0 fully saturated rings. The Morgan fingerprint density at radius 2 is 1.58 bits per heavy atom. The Hall–Kier alpha value is -0.310. The number of halogens is 1. The highest BCUT2D eigenvalue weighted by Gasteiger charge is 2.30. The van der Waals surface area contributed by atoms with E-state index in [0.29, 0.717) is 6.42 Å². The third-order valence-corrected chi connectivity index (χ3v) is 4.96. The fourth-order valence-electron chi connectivity index (χ4n) is 2.67. The average Bonchev–Trinajstić information content (AvgIpc) is 2.64. The molecule has 0 amide bonds. The molecule has 0 aromatic rings. The molecule has 0 heterocycles. The van der Waals surface area contributed by atoms with Crippen LogP contribution in [0.5, 0.6) is 0 Å². The molecule has 1 N–H and O–H groups in total. The van der Waals surface area contributed by atoms with Gasteiger partial charge in [0.1, 0.15) is 0 Å². The SMILES string of the molecule is CCCCCCCCCCCC1CC(=O)C(O)=C1Br. The van der Waals surface area contributed by atoms with E-state index in [9.17, 15) is 9.90 Å². The van der Waals surface area contributed by atoms with Gasteiger partial charge in [-0.05, 0) is 6.42 Å². The van der Waals surface area contributed by atoms with Crippen LogP contribution in [0.25, 0.3) is 0 Å². The largest absolute Gasteiger partial charge is 0.504 e. The third-order valence-electron chi connectivity index (χ3n) is 3.94. The predicted molar refractivity (Wildman–Crippen MR) is 83.5 cm³/mol. The molecule has 3 heteroatoms. The number of aliphatic hydroxyl groups is 1. The topological polar surface area (TPSA) is 37.3 Å². The summed E-state index contributed by atoms with van der Waals surface area (Å²) in [5.74, 6) is 0.0887. The van der Waals surface area contributed by atoms with Crippen molar-refractivity contribution in [2.24, 2.45) is 5.92 Å². The first-order valence-corrected chi connectivity index (χ1v) is 8.58. The van der Waals surface area contributed by atoms with E-state index in [0.717, 1.165) is 17.3 Å². The average molecular weight is 331 g/mol. The van der Waals surface area contributed by atoms with Crippen LogP contribution in [-0.2, 0) is 4.79 Å². The summed E-state index contributed by atoms with van der Waals surface area (Å²) in [4.78, 5) is 11.3. The fraction of sp³-hybridized carbons (Fsp3) is 0.812. The fourth-order valence-corrected chi connectivity index (χ4v) is 3.28. The van der Waals surface area contributed by atoms with Crippen molar-refractivity contribution in [3.8, 4) is 0 Å². The Morgan fingerprint density at radius 1 is 1.05 bits per heavy atom. The highest BCUT2D eigenvalue weighted by Crippen LogP contribution is 2.35. The number of Topliss-reactive ketones (excluding diaryl/α,β-unsaturated/α-hetero) is 1. The minimum absolute atomic E-state index is 0.0408. The molecule has 0 aromatic heterocycles. The van der Waals surface area contributed by atoms with Crippen molar-refractivity contribution in [1.29, 1.82) is 0 Å². The van der Waals surface area contributed by atoms with Crippen LogP contribution in [0.15, 0.2) is 10.2 Å². The van der Waals surface area contributed by atoms with Crippen molar-refractivity contribution in [1.82, 2.24) is 0 Å². The minimum atomic E-state index is -0.104. The second-order valence-corrected chi connectivity index (χ2v) is 6.49. The second kappa shape index (κ2) is 9.57. The molecular weight excluding hydrogens is 304 g/mol. The first-order valence-electron chi connectivity index (χ1n) is 7.78. The van der Waals surface area contributed by atoms with E-state index in [2.05, 4.69) is 22.9 Å². The molecule has 19 heavy (non-hydrogen) atoms. The number of carbonyl (C=O) groups is 1. The zero-order valence-corrected chi connectivity index (χ0v) is 13.7. The van der Waals surface area contributed by atoms with Gasteiger partial charge < -0.3 is 5.11 Å². The number of hydrogen-bond donors (Lipinski definition) is 1. The van der Waals surface area contributed by atoms with Crippen molar-refractivity contribution in [2.75, 3.05) is 0 Å². The number of allylic oxidation sites excluding steroid dienone is 2. The van der Waals surface area contributed by atoms with E-state index in [1.165, 1.54) is 51.4 Å². The lowest BCUT2D eigenvalue weighted by molar-refractivity contribution is -0.117. The highest BCUT2D eigenvalue weighted by molar-refractivity contribution is 9.11. The molecule has 1 unspecified atom stereocenters. The Balaban J connectivity index is 1.96. The highest BCUT2D eigenvalue weighted by atomic mass is 79.9. The van der Waals surface area contributed by atoms with Gasteiger partial charge in [-0.2, -0.15) is 0 Å². The molecule has 1 atom stereocenters. The standard InChI is InChI=1S/C16H27BrO2/c1-2-3-4-5-6-7-8-9-10-11-13-12-14(18)16(19)15(13)17/h13,19H,2-12H2,1H3. The molecule has 0 saturated carbocycles. The smallest absolute Gasteiger partial charge is 0.198 e. The van der Waals surface area contributed by atoms with Crippen LogP contribution in [0.2, 0.25) is 0 Å². The molecule has 0 saturated heterocycles. The molecule has 0 aromatic carbocycles. The number of carbonyl (C=O) groups excluding carboxylic acids is 1. The van der Waals surface area contributed by atoms with Crippen molar-refractivity contribution < 1.29 is 9.90 Å². The summed E-state index contributed by atoms with van der Waals surface area (Å²) in [6.07, 6.45) is 13.4. The lowest BCUT2D eigenvalue weighted by Crippen LogP contribution is -1.99. The van der Waals surface area contributed by atoms with E-state index in [4.69, 9.17) is 0 Å². The second-order valence-electron chi connectivity index (χ2n) is 5.64. The van der Waals surface area contributed by atoms with Crippen LogP contribution in [0.4, 0.5) is 0 Å². The summed E-state index contributed by atoms with van der Waals surface area (Å²) in [5.41, 5.74) is 0. The zero-order valence-electron chi connectivity index (χ0n) is 12.1. The third kappa shape index (κ3) is 6.11. The van der Waals surface area contributed by atoms with E-state index < -0.39 is 0 Å². The first-order chi connectivity index (χ1) is 9.16. The molecule has 0 spiro atoms. The Kier molecular flexibility index (Phi) is 8.43. The van der Waals surface area contributed by atoms with Crippen LogP contribution in [0, 0.1) is 5.92 Å². The molecule has 0 bridgehead atoms. The van der Waals surface area contributed by atoms with Gasteiger partial charge in [-0.15, -0.1) is 0 Å². The van der Waals surface area contributed by atoms with Crippen molar-refractivity contribution in [3.63, 3.8) is 0 Å². The van der Waals surface area contributed by atoms with E-state index in [-0.39, 0.29) is 17.5 Å². The Morgan fingerprint density at radius 3 is 2.05 bits per heavy atom. The maximum Gasteiger partial charge on any atom is 0.198 e. The van der Waals surface area contributed by atoms with Crippen LogP contribution < -0.4 is 0 Å². The number of hydrogen-bond acceptors (Lipinski definition) is 2. The van der Waals surface area contributed by atoms with E-state index >= 15 is 0 Å². The number of unbranched alkanes of at least 4 members (excludes halogenated alkanes) is 8. The summed E-state index contributed by atoms with van der Waals surface area (Å²) in [6, 6.07) is 0. The van der Waals surface area contributed by atoms with Crippen molar-refractivity contribution in [2.45, 2.75) is 77.6 Å². The molecule has 2 nitrogen and oxygen atoms in total. The molecule has 1 aliphatic rings. The summed E-state index contributed by atoms with van der Waals surface area (Å²) >= 11 is 3.34. The molecule has 0 aliphatic heterocycles. The predicted octanol–water partition coefficient (Wildman–Crippen LogP) is 5.66. The van der Waals surface area contributed by atoms with Gasteiger partial charge >= 0.3 is 0 Å². The van der Waals surface area contributed by atoms with Gasteiger partial charge in [0.2, 0.25) is 0 Å². The van der Waals surface area contributed by atoms with Gasteiger partial charge in [-0.3, -0.25) is 4.79 Å². The molecule has 110 valence electrons. The molecule has 1 aliphatic carbocycles. The molecule has 0 radical (unpaired) electrons. The van der Waals surface area contributed by atoms with Gasteiger partial charge in [0, 0.05) is 16.8 Å². The van der Waals surface area contributed by atoms with E-state index in [1.54, 1.807) is 0 Å². The van der Waals surface area contributed by atoms with Crippen molar-refractivity contribution in [3.05, 3.63) is 10.2 Å². The quantitative estimate of drug-likeness (QED) is 0.524. The lowest BCUT2D eigenvalue weighted by Gasteiger charge is -2.08. The minimum Gasteiger partial charge on any atom is -0.504 e. The monoisotopic (exact) mass is 330 g/mol. The Bertz CT molecular complexity index is 310. The maximum atomic E-state index is 11.3. The van der Waals surface area contributed by atoms with Gasteiger partial charge in [-0.25, -0.2) is 0 Å². The van der Waals surface area contributed by atoms with Gasteiger partial charge in [0.25, 0.3) is 0 Å². The summed E-state index contributed by atoms with van der Waals surface area (Å²) in [6.45, 7) is 2.25. The van der Waals surface area contributed by atoms with Gasteiger partial charge in [0.05, 0.1) is 0 Å². The number of rotatable bonds is 10. The molecule has 1 rings (SSSR count). The van der Waals surface area contributed by atoms with E-state index in [1.807, 2.05) is 0 Å². The van der Waals surface area contributed by atoms with Gasteiger partial charge in [0.15, 0.2) is 11.5 Å². The van der Waals surface area contributed by atoms with Crippen LogP contribution in [0.3, 0.4) is 0 Å². The lowest BCUT2D eigenvalue weighted by atomic mass is 9.99. The number of aliphatic hydroxyl groups excluding tert-OH is 1. The normalized spacial score (nSPS) is 19.5. The van der Waals surface area contributed by atoms with Crippen LogP contribution >= 0.6 is 15.9 Å². The summed E-state index contributed by atoms with van der Waals surface area (Å²) in [7, 11) is 0. The Labute approximate surface area is 125 Å². The van der Waals surface area contributed by atoms with Gasteiger partial charge in [-0.1, -0.05) is 80.6 Å². The zero-order chi connectivity index (χ0) is 14.1. The van der Waals surface area contributed by atoms with Crippen molar-refractivity contribution >= 4 is 21.7 Å². The molecular formula is C16H27BrO2. The summed E-state index contributed by atoms with van der Waals surface area (Å²) in [5, 5.41) is 9.46. The number of ketones is 1. The summed E-state index contributed by atoms with van der Waals surface area (Å²) < 4.78 is 0.733. The van der Waals surface area contributed by atoms with Crippen LogP contribution in [0.1, 0.15) is 77.6 Å². The first kappa shape index (κ1) is 16.7. The maximum absolute atomic E-state index is 11.3. The van der Waals surface area contributed by atoms with Crippen LogP contribution in [-0.4, -0.2) is 10.9 Å².